The summed E-state index contributed by atoms with van der Waals surface area (Å²) in [6.45, 7) is 7.07. The maximum Gasteiger partial charge on any atom is 0.260 e. The molecule has 6 nitrogen and oxygen atoms in total. The summed E-state index contributed by atoms with van der Waals surface area (Å²) < 4.78 is 11.8. The second kappa shape index (κ2) is 9.55. The Balaban J connectivity index is 1.59. The van der Waals surface area contributed by atoms with E-state index in [1.807, 2.05) is 29.2 Å². The van der Waals surface area contributed by atoms with Gasteiger partial charge < -0.3 is 9.47 Å². The molecule has 0 atom stereocenters. The SMILES string of the molecule is COc1cccc(C(=O)N(CCCN2CCOCC2)c2nc3c(C)cccc3s2)c1. The third-order valence-corrected chi connectivity index (χ3v) is 6.41. The average molecular weight is 426 g/mol. The van der Waals surface area contributed by atoms with Gasteiger partial charge in [-0.2, -0.15) is 0 Å². The highest BCUT2D eigenvalue weighted by Gasteiger charge is 2.22. The average Bonchev–Trinajstić information content (AvgIpc) is 3.22. The first kappa shape index (κ1) is 20.8. The van der Waals surface area contributed by atoms with Crippen molar-refractivity contribution in [3.05, 3.63) is 53.6 Å². The summed E-state index contributed by atoms with van der Waals surface area (Å²) in [5.74, 6) is 0.627. The van der Waals surface area contributed by atoms with Crippen molar-refractivity contribution >= 4 is 32.6 Å². The molecule has 1 amide bonds. The molecule has 2 heterocycles. The summed E-state index contributed by atoms with van der Waals surface area (Å²) in [6, 6.07) is 13.5. The van der Waals surface area contributed by atoms with Crippen molar-refractivity contribution in [2.24, 2.45) is 0 Å². The van der Waals surface area contributed by atoms with Gasteiger partial charge in [-0.05, 0) is 43.2 Å². The maximum absolute atomic E-state index is 13.5. The molecule has 0 bridgehead atoms. The number of thiazole rings is 1. The van der Waals surface area contributed by atoms with Crippen molar-refractivity contribution in [2.75, 3.05) is 51.4 Å². The van der Waals surface area contributed by atoms with E-state index in [0.717, 1.165) is 60.2 Å². The van der Waals surface area contributed by atoms with Gasteiger partial charge in [0.1, 0.15) is 5.75 Å². The van der Waals surface area contributed by atoms with Crippen LogP contribution in [0.3, 0.4) is 0 Å². The fourth-order valence-corrected chi connectivity index (χ4v) is 4.73. The second-order valence-electron chi connectivity index (χ2n) is 7.41. The Bertz CT molecular complexity index is 1010. The number of hydrogen-bond acceptors (Lipinski definition) is 6. The molecule has 0 radical (unpaired) electrons. The number of fused-ring (bicyclic) bond motifs is 1. The van der Waals surface area contributed by atoms with Gasteiger partial charge in [-0.25, -0.2) is 4.98 Å². The number of nitrogens with zero attached hydrogens (tertiary/aromatic N) is 3. The van der Waals surface area contributed by atoms with E-state index in [1.54, 1.807) is 24.5 Å². The zero-order valence-electron chi connectivity index (χ0n) is 17.5. The van der Waals surface area contributed by atoms with Crippen LogP contribution in [0.25, 0.3) is 10.2 Å². The van der Waals surface area contributed by atoms with Gasteiger partial charge in [0.05, 0.1) is 30.5 Å². The van der Waals surface area contributed by atoms with E-state index in [0.29, 0.717) is 17.9 Å². The number of methoxy groups -OCH3 is 1. The van der Waals surface area contributed by atoms with Gasteiger partial charge in [-0.1, -0.05) is 29.5 Å². The van der Waals surface area contributed by atoms with Crippen LogP contribution in [0.15, 0.2) is 42.5 Å². The predicted octanol–water partition coefficient (Wildman–Crippen LogP) is 3.98. The number of carbonyl (C=O) groups is 1. The minimum Gasteiger partial charge on any atom is -0.497 e. The summed E-state index contributed by atoms with van der Waals surface area (Å²) in [4.78, 5) is 22.5. The van der Waals surface area contributed by atoms with Gasteiger partial charge in [0.2, 0.25) is 0 Å². The van der Waals surface area contributed by atoms with Crippen LogP contribution in [-0.4, -0.2) is 62.3 Å². The van der Waals surface area contributed by atoms with E-state index >= 15 is 0 Å². The van der Waals surface area contributed by atoms with E-state index in [4.69, 9.17) is 14.5 Å². The third kappa shape index (κ3) is 4.64. The first-order valence-electron chi connectivity index (χ1n) is 10.3. The molecular formula is C23H27N3O3S. The number of rotatable bonds is 7. The second-order valence-corrected chi connectivity index (χ2v) is 8.42. The van der Waals surface area contributed by atoms with E-state index in [2.05, 4.69) is 24.0 Å². The topological polar surface area (TPSA) is 54.9 Å². The largest absolute Gasteiger partial charge is 0.497 e. The van der Waals surface area contributed by atoms with Gasteiger partial charge >= 0.3 is 0 Å². The van der Waals surface area contributed by atoms with Gasteiger partial charge in [0.25, 0.3) is 5.91 Å². The van der Waals surface area contributed by atoms with Gasteiger partial charge in [0, 0.05) is 31.7 Å². The van der Waals surface area contributed by atoms with Crippen molar-refractivity contribution in [1.82, 2.24) is 9.88 Å². The Morgan fingerprint density at radius 1 is 1.23 bits per heavy atom. The van der Waals surface area contributed by atoms with Gasteiger partial charge in [0.15, 0.2) is 5.13 Å². The Hall–Kier alpha value is -2.48. The minimum absolute atomic E-state index is 0.0485. The van der Waals surface area contributed by atoms with Crippen LogP contribution < -0.4 is 9.64 Å². The van der Waals surface area contributed by atoms with E-state index < -0.39 is 0 Å². The number of amides is 1. The van der Waals surface area contributed by atoms with Crippen LogP contribution in [0.1, 0.15) is 22.3 Å². The molecule has 1 fully saturated rings. The number of carbonyl (C=O) groups excluding carboxylic acids is 1. The van der Waals surface area contributed by atoms with E-state index in [9.17, 15) is 4.79 Å². The number of morpholine rings is 1. The molecule has 1 saturated heterocycles. The summed E-state index contributed by atoms with van der Waals surface area (Å²) in [5, 5.41) is 0.745. The molecule has 7 heteroatoms. The van der Waals surface area contributed by atoms with Crippen LogP contribution in [-0.2, 0) is 4.74 Å². The molecule has 0 N–H and O–H groups in total. The number of anilines is 1. The summed E-state index contributed by atoms with van der Waals surface area (Å²) in [6.07, 6.45) is 0.880. The summed E-state index contributed by atoms with van der Waals surface area (Å²) >= 11 is 1.57. The quantitative estimate of drug-likeness (QED) is 0.573. The molecular weight excluding hydrogens is 398 g/mol. The van der Waals surface area contributed by atoms with Gasteiger partial charge in [-0.3, -0.25) is 14.6 Å². The number of aromatic nitrogens is 1. The maximum atomic E-state index is 13.5. The van der Waals surface area contributed by atoms with Crippen LogP contribution in [0.4, 0.5) is 5.13 Å². The molecule has 0 saturated carbocycles. The first-order valence-corrected chi connectivity index (χ1v) is 11.1. The summed E-state index contributed by atoms with van der Waals surface area (Å²) in [7, 11) is 1.61. The third-order valence-electron chi connectivity index (χ3n) is 5.36. The first-order chi connectivity index (χ1) is 14.7. The van der Waals surface area contributed by atoms with Crippen molar-refractivity contribution < 1.29 is 14.3 Å². The smallest absolute Gasteiger partial charge is 0.260 e. The number of ether oxygens (including phenoxy) is 2. The van der Waals surface area contributed by atoms with Gasteiger partial charge in [-0.15, -0.1) is 0 Å². The van der Waals surface area contributed by atoms with E-state index in [1.165, 1.54) is 0 Å². The molecule has 30 heavy (non-hydrogen) atoms. The molecule has 3 aromatic rings. The lowest BCUT2D eigenvalue weighted by Gasteiger charge is -2.27. The molecule has 158 valence electrons. The lowest BCUT2D eigenvalue weighted by Crippen LogP contribution is -2.39. The predicted molar refractivity (Wildman–Crippen MR) is 121 cm³/mol. The standard InChI is InChI=1S/C23H27N3O3S/c1-17-6-3-9-20-21(17)24-23(30-20)26(11-5-10-25-12-14-29-15-13-25)22(27)18-7-4-8-19(16-18)28-2/h3-4,6-9,16H,5,10-15H2,1-2H3. The monoisotopic (exact) mass is 425 g/mol. The van der Waals surface area contributed by atoms with Crippen molar-refractivity contribution in [2.45, 2.75) is 13.3 Å². The van der Waals surface area contributed by atoms with Crippen LogP contribution in [0.5, 0.6) is 5.75 Å². The molecule has 0 spiro atoms. The number of para-hydroxylation sites is 1. The molecule has 2 aromatic carbocycles. The highest BCUT2D eigenvalue weighted by molar-refractivity contribution is 7.22. The Labute approximate surface area is 181 Å². The molecule has 0 aliphatic carbocycles. The highest BCUT2D eigenvalue weighted by Crippen LogP contribution is 2.31. The molecule has 4 rings (SSSR count). The zero-order chi connectivity index (χ0) is 20.9. The molecule has 0 unspecified atom stereocenters. The van der Waals surface area contributed by atoms with Crippen molar-refractivity contribution in [3.63, 3.8) is 0 Å². The number of benzene rings is 2. The van der Waals surface area contributed by atoms with Crippen molar-refractivity contribution in [1.29, 1.82) is 0 Å². The zero-order valence-corrected chi connectivity index (χ0v) is 18.3. The Morgan fingerprint density at radius 2 is 2.03 bits per heavy atom. The normalized spacial score (nSPS) is 14.7. The molecule has 1 aliphatic heterocycles. The molecule has 1 aromatic heterocycles. The van der Waals surface area contributed by atoms with Crippen molar-refractivity contribution in [3.8, 4) is 5.75 Å². The summed E-state index contributed by atoms with van der Waals surface area (Å²) in [5.41, 5.74) is 2.70. The molecule has 1 aliphatic rings. The Kier molecular flexibility index (Phi) is 6.62. The lowest BCUT2D eigenvalue weighted by molar-refractivity contribution is 0.0376. The fraction of sp³-hybridized carbons (Fsp3) is 0.391. The van der Waals surface area contributed by atoms with E-state index in [-0.39, 0.29) is 5.91 Å². The Morgan fingerprint density at radius 3 is 2.80 bits per heavy atom. The highest BCUT2D eigenvalue weighted by atomic mass is 32.1. The minimum atomic E-state index is -0.0485. The van der Waals surface area contributed by atoms with Crippen LogP contribution >= 0.6 is 11.3 Å². The van der Waals surface area contributed by atoms with Crippen LogP contribution in [0.2, 0.25) is 0 Å². The fourth-order valence-electron chi connectivity index (χ4n) is 3.66. The number of hydrogen-bond donors (Lipinski definition) is 0. The van der Waals surface area contributed by atoms with Crippen LogP contribution in [0, 0.1) is 6.92 Å². The lowest BCUT2D eigenvalue weighted by atomic mass is 10.2. The number of aryl methyl sites for hydroxylation is 1.